The predicted octanol–water partition coefficient (Wildman–Crippen LogP) is 7.45. The van der Waals surface area contributed by atoms with E-state index in [1.165, 1.54) is 0 Å². The molecular formula is C24H24Cl4N2O3. The van der Waals surface area contributed by atoms with Crippen LogP contribution in [0.5, 0.6) is 0 Å². The van der Waals surface area contributed by atoms with Gasteiger partial charge in [-0.3, -0.25) is 0 Å². The summed E-state index contributed by atoms with van der Waals surface area (Å²) in [7, 11) is 0. The van der Waals surface area contributed by atoms with Crippen molar-refractivity contribution in [3.63, 3.8) is 0 Å². The minimum atomic E-state index is -0.476. The number of halogens is 4. The zero-order valence-corrected chi connectivity index (χ0v) is 20.8. The summed E-state index contributed by atoms with van der Waals surface area (Å²) in [5.41, 5.74) is 1.32. The van der Waals surface area contributed by atoms with Crippen LogP contribution in [0.3, 0.4) is 0 Å². The van der Waals surface area contributed by atoms with E-state index < -0.39 is 11.6 Å². The fourth-order valence-electron chi connectivity index (χ4n) is 3.70. The smallest absolute Gasteiger partial charge is 0.158 e. The fraction of sp³-hybridized carbons (Fsp3) is 0.375. The van der Waals surface area contributed by atoms with Gasteiger partial charge in [0.05, 0.1) is 25.6 Å². The van der Waals surface area contributed by atoms with Gasteiger partial charge in [-0.05, 0) is 54.7 Å². The Morgan fingerprint density at radius 3 is 2.58 bits per heavy atom. The summed E-state index contributed by atoms with van der Waals surface area (Å²) < 4.78 is 20.2. The van der Waals surface area contributed by atoms with Gasteiger partial charge in [0.25, 0.3) is 0 Å². The topological polar surface area (TPSA) is 45.5 Å². The first-order chi connectivity index (χ1) is 16.0. The predicted molar refractivity (Wildman–Crippen MR) is 131 cm³/mol. The molecule has 4 rings (SSSR count). The van der Waals surface area contributed by atoms with Crippen LogP contribution in [0.4, 0.5) is 0 Å². The number of ether oxygens (including phenoxy) is 3. The van der Waals surface area contributed by atoms with Gasteiger partial charge < -0.3 is 18.8 Å². The first kappa shape index (κ1) is 24.8. The first-order valence-corrected chi connectivity index (χ1v) is 12.3. The molecule has 9 heteroatoms. The molecule has 0 radical (unpaired) electrons. The van der Waals surface area contributed by atoms with Gasteiger partial charge in [0.1, 0.15) is 11.6 Å². The van der Waals surface area contributed by atoms with Crippen molar-refractivity contribution in [2.75, 3.05) is 6.61 Å². The quantitative estimate of drug-likeness (QED) is 0.270. The molecule has 176 valence electrons. The van der Waals surface area contributed by atoms with Gasteiger partial charge in [-0.2, -0.15) is 0 Å². The second kappa shape index (κ2) is 11.9. The zero-order chi connectivity index (χ0) is 23.2. The van der Waals surface area contributed by atoms with Gasteiger partial charge in [0, 0.05) is 27.5 Å². The molecule has 4 unspecified atom stereocenters. The highest BCUT2D eigenvalue weighted by Crippen LogP contribution is 2.35. The third-order valence-electron chi connectivity index (χ3n) is 5.47. The number of nitrogens with zero attached hydrogens (tertiary/aromatic N) is 2. The molecule has 0 N–H and O–H groups in total. The van der Waals surface area contributed by atoms with Gasteiger partial charge in [0.2, 0.25) is 0 Å². The molecule has 1 saturated heterocycles. The Bertz CT molecular complexity index is 1020. The van der Waals surface area contributed by atoms with Crippen molar-refractivity contribution in [2.45, 2.75) is 49.9 Å². The van der Waals surface area contributed by atoms with Crippen LogP contribution >= 0.6 is 46.4 Å². The summed E-state index contributed by atoms with van der Waals surface area (Å²) in [6, 6.07) is 12.9. The van der Waals surface area contributed by atoms with Gasteiger partial charge in [-0.15, -0.1) is 0 Å². The molecule has 0 amide bonds. The highest BCUT2D eigenvalue weighted by molar-refractivity contribution is 6.35. The Labute approximate surface area is 213 Å². The molecule has 3 aromatic rings. The Hall–Kier alpha value is -1.31. The molecule has 0 saturated carbocycles. The number of benzene rings is 2. The lowest BCUT2D eigenvalue weighted by molar-refractivity contribution is -0.213. The Kier molecular flexibility index (Phi) is 8.94. The number of imidazole rings is 1. The lowest BCUT2D eigenvalue weighted by atomic mass is 10.1. The lowest BCUT2D eigenvalue weighted by Gasteiger charge is -2.32. The molecule has 2 heterocycles. The summed E-state index contributed by atoms with van der Waals surface area (Å²) in [6.45, 7) is 0.735. The van der Waals surface area contributed by atoms with E-state index in [9.17, 15) is 0 Å². The molecule has 1 aliphatic rings. The average molecular weight is 530 g/mol. The normalized spacial score (nSPS) is 20.5. The van der Waals surface area contributed by atoms with Crippen molar-refractivity contribution in [1.82, 2.24) is 9.55 Å². The first-order valence-electron chi connectivity index (χ1n) is 10.7. The molecule has 0 bridgehead atoms. The monoisotopic (exact) mass is 528 g/mol. The lowest BCUT2D eigenvalue weighted by Crippen LogP contribution is -2.33. The SMILES string of the molecule is Clc1ccc(C(OCC2CCCC(OCc3ccc(Cl)cc3Cl)O2)C(Cl)n2ccnc2)cc1. The molecule has 1 aliphatic heterocycles. The minimum absolute atomic E-state index is 0.106. The number of rotatable bonds is 9. The molecule has 1 fully saturated rings. The van der Waals surface area contributed by atoms with Crippen LogP contribution in [0.1, 0.15) is 42.0 Å². The van der Waals surface area contributed by atoms with E-state index in [4.69, 9.17) is 60.6 Å². The van der Waals surface area contributed by atoms with Gasteiger partial charge in [-0.25, -0.2) is 4.98 Å². The van der Waals surface area contributed by atoms with E-state index in [0.29, 0.717) is 28.3 Å². The number of hydrogen-bond acceptors (Lipinski definition) is 4. The zero-order valence-electron chi connectivity index (χ0n) is 17.7. The maximum atomic E-state index is 6.76. The average Bonchev–Trinajstić information content (AvgIpc) is 3.35. The van der Waals surface area contributed by atoms with Crippen molar-refractivity contribution in [2.24, 2.45) is 0 Å². The second-order valence-electron chi connectivity index (χ2n) is 7.85. The van der Waals surface area contributed by atoms with Crippen LogP contribution in [-0.2, 0) is 20.8 Å². The van der Waals surface area contributed by atoms with Crippen LogP contribution in [0.25, 0.3) is 0 Å². The van der Waals surface area contributed by atoms with Crippen LogP contribution < -0.4 is 0 Å². The molecule has 1 aromatic heterocycles. The van der Waals surface area contributed by atoms with Crippen LogP contribution in [-0.4, -0.2) is 28.6 Å². The van der Waals surface area contributed by atoms with E-state index in [2.05, 4.69) is 4.98 Å². The van der Waals surface area contributed by atoms with Crippen LogP contribution in [0.15, 0.2) is 61.2 Å². The minimum Gasteiger partial charge on any atom is -0.367 e. The third kappa shape index (κ3) is 6.86. The Morgan fingerprint density at radius 1 is 1.06 bits per heavy atom. The van der Waals surface area contributed by atoms with Crippen molar-refractivity contribution in [1.29, 1.82) is 0 Å². The molecular weight excluding hydrogens is 506 g/mol. The van der Waals surface area contributed by atoms with Crippen LogP contribution in [0.2, 0.25) is 15.1 Å². The standard InChI is InChI=1S/C24H24Cl4N2O3/c25-18-7-4-16(5-8-18)23(24(28)30-11-10-29-15-30)32-14-20-2-1-3-22(33-20)31-13-17-6-9-19(26)12-21(17)27/h4-12,15,20,22-24H,1-3,13-14H2. The molecule has 2 aromatic carbocycles. The van der Waals surface area contributed by atoms with Gasteiger partial charge in [0.15, 0.2) is 6.29 Å². The molecule has 0 spiro atoms. The van der Waals surface area contributed by atoms with Crippen molar-refractivity contribution in [3.05, 3.63) is 87.4 Å². The number of aromatic nitrogens is 2. The second-order valence-corrected chi connectivity index (χ2v) is 9.58. The fourth-order valence-corrected chi connectivity index (χ4v) is 4.62. The third-order valence-corrected chi connectivity index (χ3v) is 6.76. The maximum absolute atomic E-state index is 6.76. The molecule has 0 aliphatic carbocycles. The maximum Gasteiger partial charge on any atom is 0.158 e. The van der Waals surface area contributed by atoms with Crippen molar-refractivity contribution < 1.29 is 14.2 Å². The summed E-state index contributed by atoms with van der Waals surface area (Å²) in [5, 5.41) is 1.83. The number of alkyl halides is 1. The molecule has 5 nitrogen and oxygen atoms in total. The van der Waals surface area contributed by atoms with E-state index in [-0.39, 0.29) is 12.4 Å². The Balaban J connectivity index is 1.36. The summed E-state index contributed by atoms with van der Waals surface area (Å²) >= 11 is 25.0. The number of hydrogen-bond donors (Lipinski definition) is 0. The largest absolute Gasteiger partial charge is 0.367 e. The summed E-state index contributed by atoms with van der Waals surface area (Å²) in [4.78, 5) is 4.09. The molecule has 33 heavy (non-hydrogen) atoms. The van der Waals surface area contributed by atoms with E-state index in [0.717, 1.165) is 30.4 Å². The van der Waals surface area contributed by atoms with E-state index >= 15 is 0 Å². The van der Waals surface area contributed by atoms with Crippen molar-refractivity contribution in [3.8, 4) is 0 Å². The van der Waals surface area contributed by atoms with E-state index in [1.54, 1.807) is 24.7 Å². The van der Waals surface area contributed by atoms with Crippen LogP contribution in [0, 0.1) is 0 Å². The van der Waals surface area contributed by atoms with E-state index in [1.807, 2.05) is 41.1 Å². The van der Waals surface area contributed by atoms with Gasteiger partial charge in [-0.1, -0.05) is 64.6 Å². The van der Waals surface area contributed by atoms with Gasteiger partial charge >= 0.3 is 0 Å². The highest BCUT2D eigenvalue weighted by Gasteiger charge is 2.28. The molecule has 4 atom stereocenters. The van der Waals surface area contributed by atoms with Crippen molar-refractivity contribution >= 4 is 46.4 Å². The summed E-state index contributed by atoms with van der Waals surface area (Å²) in [6.07, 6.45) is 7.01. The highest BCUT2D eigenvalue weighted by atomic mass is 35.5. The Morgan fingerprint density at radius 2 is 1.85 bits per heavy atom. The summed E-state index contributed by atoms with van der Waals surface area (Å²) in [5.74, 6) is 0.